The van der Waals surface area contributed by atoms with Gasteiger partial charge >= 0.3 is 0 Å². The summed E-state index contributed by atoms with van der Waals surface area (Å²) in [7, 11) is 0. The molecule has 1 aromatic carbocycles. The predicted molar refractivity (Wildman–Crippen MR) is 102 cm³/mol. The normalized spacial score (nSPS) is 14.1. The number of nitro groups is 1. The second-order valence-corrected chi connectivity index (χ2v) is 6.71. The minimum absolute atomic E-state index is 0.0504. The Kier molecular flexibility index (Phi) is 5.98. The van der Waals surface area contributed by atoms with Crippen LogP contribution in [0.2, 0.25) is 10.0 Å². The Morgan fingerprint density at radius 1 is 1.19 bits per heavy atom. The molecule has 0 bridgehead atoms. The van der Waals surface area contributed by atoms with Crippen molar-refractivity contribution in [1.82, 2.24) is 9.88 Å². The molecule has 3 rings (SSSR count). The molecule has 142 valence electrons. The van der Waals surface area contributed by atoms with E-state index < -0.39 is 4.92 Å². The van der Waals surface area contributed by atoms with Gasteiger partial charge in [-0.15, -0.1) is 0 Å². The number of benzene rings is 1. The van der Waals surface area contributed by atoms with Gasteiger partial charge in [0.1, 0.15) is 17.8 Å². The molecule has 1 aliphatic heterocycles. The number of pyridine rings is 1. The van der Waals surface area contributed by atoms with E-state index in [1.54, 1.807) is 29.2 Å². The van der Waals surface area contributed by atoms with E-state index in [1.807, 2.05) is 4.90 Å². The van der Waals surface area contributed by atoms with Crippen LogP contribution >= 0.6 is 23.2 Å². The number of amides is 1. The lowest BCUT2D eigenvalue weighted by atomic mass is 10.3. The first kappa shape index (κ1) is 19.2. The molecule has 0 saturated carbocycles. The van der Waals surface area contributed by atoms with Crippen LogP contribution in [0.4, 0.5) is 11.5 Å². The van der Waals surface area contributed by atoms with Gasteiger partial charge in [0.05, 0.1) is 9.95 Å². The first-order valence-corrected chi connectivity index (χ1v) is 8.90. The van der Waals surface area contributed by atoms with E-state index >= 15 is 0 Å². The van der Waals surface area contributed by atoms with E-state index in [9.17, 15) is 14.9 Å². The molecule has 1 amide bonds. The minimum atomic E-state index is -0.486. The van der Waals surface area contributed by atoms with Crippen molar-refractivity contribution in [2.45, 2.75) is 0 Å². The van der Waals surface area contributed by atoms with Crippen LogP contribution < -0.4 is 9.64 Å². The van der Waals surface area contributed by atoms with E-state index in [1.165, 1.54) is 12.3 Å². The van der Waals surface area contributed by atoms with Crippen LogP contribution in [-0.4, -0.2) is 53.5 Å². The zero-order chi connectivity index (χ0) is 19.4. The number of hydrogen-bond donors (Lipinski definition) is 0. The summed E-state index contributed by atoms with van der Waals surface area (Å²) in [6.07, 6.45) is 1.23. The maximum absolute atomic E-state index is 12.3. The van der Waals surface area contributed by atoms with Gasteiger partial charge in [-0.05, 0) is 24.3 Å². The number of carbonyl (C=O) groups excluding carboxylic acids is 1. The van der Waals surface area contributed by atoms with E-state index in [0.717, 1.165) is 0 Å². The molecule has 1 fully saturated rings. The van der Waals surface area contributed by atoms with Gasteiger partial charge in [0, 0.05) is 37.3 Å². The Balaban J connectivity index is 1.51. The van der Waals surface area contributed by atoms with Crippen molar-refractivity contribution in [3.63, 3.8) is 0 Å². The molecule has 0 radical (unpaired) electrons. The lowest BCUT2D eigenvalue weighted by Crippen LogP contribution is -2.50. The Bertz CT molecular complexity index is 839. The standard InChI is InChI=1S/C17H16Cl2N4O4/c18-12-1-3-15(14(19)9-12)27-11-17(24)22-7-5-21(6-8-22)16-4-2-13(10-20-16)23(25)26/h1-4,9-10H,5-8,11H2. The van der Waals surface area contributed by atoms with E-state index in [0.29, 0.717) is 47.8 Å². The number of carbonyl (C=O) groups is 1. The molecule has 27 heavy (non-hydrogen) atoms. The van der Waals surface area contributed by atoms with Gasteiger partial charge in [-0.3, -0.25) is 14.9 Å². The van der Waals surface area contributed by atoms with Crippen LogP contribution in [0.25, 0.3) is 0 Å². The molecule has 1 saturated heterocycles. The second kappa shape index (κ2) is 8.41. The van der Waals surface area contributed by atoms with Crippen molar-refractivity contribution >= 4 is 40.6 Å². The molecule has 0 unspecified atom stereocenters. The molecular weight excluding hydrogens is 395 g/mol. The van der Waals surface area contributed by atoms with Gasteiger partial charge in [-0.2, -0.15) is 0 Å². The zero-order valence-corrected chi connectivity index (χ0v) is 15.7. The average molecular weight is 411 g/mol. The van der Waals surface area contributed by atoms with Crippen LogP contribution in [0.1, 0.15) is 0 Å². The Hall–Kier alpha value is -2.58. The van der Waals surface area contributed by atoms with E-state index in [-0.39, 0.29) is 18.2 Å². The lowest BCUT2D eigenvalue weighted by molar-refractivity contribution is -0.385. The van der Waals surface area contributed by atoms with E-state index in [4.69, 9.17) is 27.9 Å². The largest absolute Gasteiger partial charge is 0.482 e. The summed E-state index contributed by atoms with van der Waals surface area (Å²) in [5, 5.41) is 11.5. The number of aromatic nitrogens is 1. The quantitative estimate of drug-likeness (QED) is 0.555. The Morgan fingerprint density at radius 3 is 2.52 bits per heavy atom. The SMILES string of the molecule is O=C(COc1ccc(Cl)cc1Cl)N1CCN(c2ccc([N+](=O)[O-])cn2)CC1. The summed E-state index contributed by atoms with van der Waals surface area (Å²) in [6.45, 7) is 2.07. The smallest absolute Gasteiger partial charge is 0.287 e. The highest BCUT2D eigenvalue weighted by atomic mass is 35.5. The number of piperazine rings is 1. The summed E-state index contributed by atoms with van der Waals surface area (Å²) in [5.74, 6) is 0.914. The first-order chi connectivity index (χ1) is 12.9. The van der Waals surface area contributed by atoms with Crippen molar-refractivity contribution in [2.75, 3.05) is 37.7 Å². The molecule has 1 aliphatic rings. The fraction of sp³-hybridized carbons (Fsp3) is 0.294. The molecule has 2 aromatic rings. The van der Waals surface area contributed by atoms with Crippen molar-refractivity contribution < 1.29 is 14.5 Å². The average Bonchev–Trinajstić information content (AvgIpc) is 2.67. The molecule has 0 aliphatic carbocycles. The van der Waals surface area contributed by atoms with Crippen molar-refractivity contribution in [3.05, 3.63) is 56.7 Å². The van der Waals surface area contributed by atoms with Gasteiger partial charge in [0.2, 0.25) is 0 Å². The molecule has 0 N–H and O–H groups in total. The summed E-state index contributed by atoms with van der Waals surface area (Å²) >= 11 is 11.9. The molecule has 1 aromatic heterocycles. The number of rotatable bonds is 5. The van der Waals surface area contributed by atoms with Crippen LogP contribution in [0, 0.1) is 10.1 Å². The third-order valence-corrected chi connectivity index (χ3v) is 4.67. The highest BCUT2D eigenvalue weighted by Gasteiger charge is 2.22. The number of halogens is 2. The maximum Gasteiger partial charge on any atom is 0.287 e. The van der Waals surface area contributed by atoms with Crippen LogP contribution in [-0.2, 0) is 4.79 Å². The monoisotopic (exact) mass is 410 g/mol. The molecular formula is C17H16Cl2N4O4. The van der Waals surface area contributed by atoms with Gasteiger partial charge in [0.25, 0.3) is 11.6 Å². The second-order valence-electron chi connectivity index (χ2n) is 5.86. The lowest BCUT2D eigenvalue weighted by Gasteiger charge is -2.35. The summed E-state index contributed by atoms with van der Waals surface area (Å²) in [4.78, 5) is 30.3. The third-order valence-electron chi connectivity index (χ3n) is 4.14. The van der Waals surface area contributed by atoms with E-state index in [2.05, 4.69) is 4.98 Å². The number of ether oxygens (including phenoxy) is 1. The first-order valence-electron chi connectivity index (χ1n) is 8.15. The summed E-state index contributed by atoms with van der Waals surface area (Å²) in [6, 6.07) is 7.85. The zero-order valence-electron chi connectivity index (χ0n) is 14.2. The van der Waals surface area contributed by atoms with Gasteiger partial charge < -0.3 is 14.5 Å². The molecule has 8 nitrogen and oxygen atoms in total. The van der Waals surface area contributed by atoms with Gasteiger partial charge in [-0.25, -0.2) is 4.98 Å². The fourth-order valence-corrected chi connectivity index (χ4v) is 3.14. The highest BCUT2D eigenvalue weighted by molar-refractivity contribution is 6.35. The summed E-state index contributed by atoms with van der Waals surface area (Å²) < 4.78 is 5.48. The Labute approximate surface area is 165 Å². The molecule has 2 heterocycles. The number of anilines is 1. The molecule has 10 heteroatoms. The molecule has 0 spiro atoms. The summed E-state index contributed by atoms with van der Waals surface area (Å²) in [5.41, 5.74) is -0.0504. The van der Waals surface area contributed by atoms with Crippen molar-refractivity contribution in [1.29, 1.82) is 0 Å². The highest BCUT2D eigenvalue weighted by Crippen LogP contribution is 2.27. The number of hydrogen-bond acceptors (Lipinski definition) is 6. The van der Waals surface area contributed by atoms with Crippen LogP contribution in [0.15, 0.2) is 36.5 Å². The third kappa shape index (κ3) is 4.78. The fourth-order valence-electron chi connectivity index (χ4n) is 2.68. The predicted octanol–water partition coefficient (Wildman–Crippen LogP) is 3.02. The number of nitrogens with zero attached hydrogens (tertiary/aromatic N) is 4. The van der Waals surface area contributed by atoms with Crippen molar-refractivity contribution in [3.8, 4) is 5.75 Å². The van der Waals surface area contributed by atoms with Gasteiger partial charge in [-0.1, -0.05) is 23.2 Å². The minimum Gasteiger partial charge on any atom is -0.482 e. The topological polar surface area (TPSA) is 88.8 Å². The molecule has 0 atom stereocenters. The van der Waals surface area contributed by atoms with Crippen LogP contribution in [0.3, 0.4) is 0 Å². The van der Waals surface area contributed by atoms with Crippen LogP contribution in [0.5, 0.6) is 5.75 Å². The Morgan fingerprint density at radius 2 is 1.93 bits per heavy atom. The van der Waals surface area contributed by atoms with Crippen molar-refractivity contribution in [2.24, 2.45) is 0 Å². The van der Waals surface area contributed by atoms with Gasteiger partial charge in [0.15, 0.2) is 6.61 Å². The maximum atomic E-state index is 12.3.